The Morgan fingerprint density at radius 1 is 1.14 bits per heavy atom. The number of hydrogen-bond donors (Lipinski definition) is 1. The van der Waals surface area contributed by atoms with Crippen LogP contribution in [-0.2, 0) is 0 Å². The van der Waals surface area contributed by atoms with Gasteiger partial charge in [-0.15, -0.1) is 0 Å². The highest BCUT2D eigenvalue weighted by molar-refractivity contribution is 4.91. The highest BCUT2D eigenvalue weighted by Gasteiger charge is 2.15. The Hall–Kier alpha value is -0.550. The van der Waals surface area contributed by atoms with Crippen LogP contribution >= 0.6 is 0 Å². The van der Waals surface area contributed by atoms with Gasteiger partial charge in [-0.25, -0.2) is 0 Å². The molecule has 0 aromatic carbocycles. The standard InChI is InChI=1S/C12H24N2/c1-11(2,3)10-14-8-6-7-12(4,5)9-13/h14H,6-8,10H2,1-5H3. The predicted molar refractivity (Wildman–Crippen MR) is 61.0 cm³/mol. The molecule has 0 atom stereocenters. The quantitative estimate of drug-likeness (QED) is 0.686. The van der Waals surface area contributed by atoms with Crippen LogP contribution in [0, 0.1) is 22.2 Å². The maximum absolute atomic E-state index is 8.81. The molecule has 0 rings (SSSR count). The van der Waals surface area contributed by atoms with Crippen molar-refractivity contribution < 1.29 is 0 Å². The van der Waals surface area contributed by atoms with Crippen LogP contribution in [0.15, 0.2) is 0 Å². The van der Waals surface area contributed by atoms with Crippen LogP contribution < -0.4 is 5.32 Å². The van der Waals surface area contributed by atoms with E-state index in [2.05, 4.69) is 32.2 Å². The maximum atomic E-state index is 8.81. The molecule has 0 spiro atoms. The fraction of sp³-hybridized carbons (Fsp3) is 0.917. The van der Waals surface area contributed by atoms with Gasteiger partial charge in [0.25, 0.3) is 0 Å². The van der Waals surface area contributed by atoms with Gasteiger partial charge in [0.15, 0.2) is 0 Å². The fourth-order valence-corrected chi connectivity index (χ4v) is 1.17. The van der Waals surface area contributed by atoms with Crippen molar-refractivity contribution in [1.82, 2.24) is 5.32 Å². The first kappa shape index (κ1) is 13.4. The van der Waals surface area contributed by atoms with Crippen molar-refractivity contribution in [3.63, 3.8) is 0 Å². The second kappa shape index (κ2) is 5.36. The van der Waals surface area contributed by atoms with Gasteiger partial charge in [-0.2, -0.15) is 5.26 Å². The monoisotopic (exact) mass is 196 g/mol. The molecule has 0 radical (unpaired) electrons. The van der Waals surface area contributed by atoms with E-state index < -0.39 is 0 Å². The van der Waals surface area contributed by atoms with Crippen LogP contribution in [-0.4, -0.2) is 13.1 Å². The smallest absolute Gasteiger partial charge is 0.0683 e. The normalized spacial score (nSPS) is 12.6. The minimum absolute atomic E-state index is 0.163. The van der Waals surface area contributed by atoms with Crippen molar-refractivity contribution in [3.8, 4) is 6.07 Å². The van der Waals surface area contributed by atoms with E-state index >= 15 is 0 Å². The second-order valence-electron chi connectivity index (χ2n) is 5.84. The highest BCUT2D eigenvalue weighted by atomic mass is 14.9. The van der Waals surface area contributed by atoms with Gasteiger partial charge < -0.3 is 5.32 Å². The Balaban J connectivity index is 3.45. The van der Waals surface area contributed by atoms with E-state index in [0.717, 1.165) is 25.9 Å². The minimum atomic E-state index is -0.163. The molecule has 0 aromatic rings. The first-order valence-electron chi connectivity index (χ1n) is 5.39. The van der Waals surface area contributed by atoms with Crippen LogP contribution in [0.5, 0.6) is 0 Å². The molecule has 2 nitrogen and oxygen atoms in total. The molecule has 1 N–H and O–H groups in total. The van der Waals surface area contributed by atoms with Crippen molar-refractivity contribution >= 4 is 0 Å². The molecular weight excluding hydrogens is 172 g/mol. The van der Waals surface area contributed by atoms with Gasteiger partial charge in [-0.3, -0.25) is 0 Å². The fourth-order valence-electron chi connectivity index (χ4n) is 1.17. The molecule has 0 aromatic heterocycles. The van der Waals surface area contributed by atoms with E-state index in [-0.39, 0.29) is 5.41 Å². The van der Waals surface area contributed by atoms with Gasteiger partial charge in [0.05, 0.1) is 11.5 Å². The molecule has 0 aliphatic rings. The van der Waals surface area contributed by atoms with Crippen LogP contribution in [0.4, 0.5) is 0 Å². The van der Waals surface area contributed by atoms with E-state index in [1.54, 1.807) is 0 Å². The molecule has 0 bridgehead atoms. The van der Waals surface area contributed by atoms with Crippen molar-refractivity contribution in [2.24, 2.45) is 10.8 Å². The summed E-state index contributed by atoms with van der Waals surface area (Å²) in [7, 11) is 0. The zero-order valence-corrected chi connectivity index (χ0v) is 10.3. The number of rotatable bonds is 5. The Morgan fingerprint density at radius 2 is 1.71 bits per heavy atom. The minimum Gasteiger partial charge on any atom is -0.316 e. The summed E-state index contributed by atoms with van der Waals surface area (Å²) in [4.78, 5) is 0. The lowest BCUT2D eigenvalue weighted by Gasteiger charge is -2.20. The van der Waals surface area contributed by atoms with Crippen molar-refractivity contribution in [2.45, 2.75) is 47.5 Å². The van der Waals surface area contributed by atoms with E-state index in [4.69, 9.17) is 5.26 Å². The van der Waals surface area contributed by atoms with E-state index in [9.17, 15) is 0 Å². The van der Waals surface area contributed by atoms with Crippen molar-refractivity contribution in [3.05, 3.63) is 0 Å². The summed E-state index contributed by atoms with van der Waals surface area (Å²) in [6.45, 7) is 12.7. The summed E-state index contributed by atoms with van der Waals surface area (Å²) >= 11 is 0. The molecule has 0 fully saturated rings. The third kappa shape index (κ3) is 8.07. The molecule has 0 aliphatic carbocycles. The molecule has 82 valence electrons. The molecular formula is C12H24N2. The first-order chi connectivity index (χ1) is 6.27. The molecule has 0 amide bonds. The summed E-state index contributed by atoms with van der Waals surface area (Å²) < 4.78 is 0. The Labute approximate surface area is 88.7 Å². The molecule has 0 heterocycles. The van der Waals surface area contributed by atoms with Crippen LogP contribution in [0.1, 0.15) is 47.5 Å². The van der Waals surface area contributed by atoms with Gasteiger partial charge in [0.2, 0.25) is 0 Å². The van der Waals surface area contributed by atoms with Gasteiger partial charge in [0, 0.05) is 0 Å². The lowest BCUT2D eigenvalue weighted by molar-refractivity contribution is 0.365. The predicted octanol–water partition coefficient (Wildman–Crippen LogP) is 2.95. The van der Waals surface area contributed by atoms with Crippen molar-refractivity contribution in [1.29, 1.82) is 5.26 Å². The summed E-state index contributed by atoms with van der Waals surface area (Å²) in [5.41, 5.74) is 0.189. The maximum Gasteiger partial charge on any atom is 0.0683 e. The van der Waals surface area contributed by atoms with Gasteiger partial charge in [-0.05, 0) is 45.2 Å². The van der Waals surface area contributed by atoms with E-state index in [1.807, 2.05) is 13.8 Å². The molecule has 0 unspecified atom stereocenters. The summed E-state index contributed by atoms with van der Waals surface area (Å²) in [5.74, 6) is 0. The largest absolute Gasteiger partial charge is 0.316 e. The topological polar surface area (TPSA) is 35.8 Å². The second-order valence-corrected chi connectivity index (χ2v) is 5.84. The lowest BCUT2D eigenvalue weighted by atomic mass is 9.90. The molecule has 0 aliphatic heterocycles. The Morgan fingerprint density at radius 3 is 2.14 bits per heavy atom. The SMILES string of the molecule is CC(C)(C)CNCCCC(C)(C)C#N. The number of nitrogens with zero attached hydrogens (tertiary/aromatic N) is 1. The van der Waals surface area contributed by atoms with Gasteiger partial charge >= 0.3 is 0 Å². The molecule has 14 heavy (non-hydrogen) atoms. The summed E-state index contributed by atoms with van der Waals surface area (Å²) in [5, 5.41) is 12.2. The number of nitrogens with one attached hydrogen (secondary N) is 1. The van der Waals surface area contributed by atoms with Gasteiger partial charge in [-0.1, -0.05) is 20.8 Å². The zero-order chi connectivity index (χ0) is 11.2. The third-order valence-electron chi connectivity index (χ3n) is 2.11. The van der Waals surface area contributed by atoms with Crippen LogP contribution in [0.3, 0.4) is 0 Å². The summed E-state index contributed by atoms with van der Waals surface area (Å²) in [6.07, 6.45) is 2.05. The first-order valence-corrected chi connectivity index (χ1v) is 5.39. The lowest BCUT2D eigenvalue weighted by Crippen LogP contribution is -2.28. The third-order valence-corrected chi connectivity index (χ3v) is 2.11. The van der Waals surface area contributed by atoms with Crippen molar-refractivity contribution in [2.75, 3.05) is 13.1 Å². The number of hydrogen-bond acceptors (Lipinski definition) is 2. The highest BCUT2D eigenvalue weighted by Crippen LogP contribution is 2.20. The van der Waals surface area contributed by atoms with E-state index in [1.165, 1.54) is 0 Å². The average molecular weight is 196 g/mol. The summed E-state index contributed by atoms with van der Waals surface area (Å²) in [6, 6.07) is 2.32. The van der Waals surface area contributed by atoms with Gasteiger partial charge in [0.1, 0.15) is 0 Å². The Kier molecular flexibility index (Phi) is 5.15. The molecule has 0 saturated carbocycles. The zero-order valence-electron chi connectivity index (χ0n) is 10.3. The van der Waals surface area contributed by atoms with E-state index in [0.29, 0.717) is 5.41 Å². The van der Waals surface area contributed by atoms with Crippen LogP contribution in [0.2, 0.25) is 0 Å². The average Bonchev–Trinajstić information content (AvgIpc) is 2.01. The van der Waals surface area contributed by atoms with Crippen LogP contribution in [0.25, 0.3) is 0 Å². The molecule has 2 heteroatoms. The Bertz CT molecular complexity index is 193. The number of nitriles is 1. The molecule has 0 saturated heterocycles.